The Balaban J connectivity index is 1.50. The number of hydrogen-bond donors (Lipinski definition) is 1. The first-order valence-corrected chi connectivity index (χ1v) is 10.2. The van der Waals surface area contributed by atoms with Crippen LogP contribution in [0.4, 0.5) is 5.00 Å². The summed E-state index contributed by atoms with van der Waals surface area (Å²) in [5.41, 5.74) is 1.28. The second-order valence-electron chi connectivity index (χ2n) is 6.07. The number of amides is 2. The summed E-state index contributed by atoms with van der Waals surface area (Å²) in [7, 11) is 0. The Morgan fingerprint density at radius 2 is 2.19 bits per heavy atom. The van der Waals surface area contributed by atoms with E-state index in [1.54, 1.807) is 35.6 Å². The number of thiophene rings is 2. The highest BCUT2D eigenvalue weighted by Gasteiger charge is 2.31. The predicted molar refractivity (Wildman–Crippen MR) is 103 cm³/mol. The molecule has 134 valence electrons. The molecule has 5 nitrogen and oxygen atoms in total. The second kappa shape index (κ2) is 7.09. The number of anilines is 1. The number of nitrogens with zero attached hydrogens (tertiary/aromatic N) is 1. The van der Waals surface area contributed by atoms with Crippen molar-refractivity contribution in [2.45, 2.75) is 25.8 Å². The molecule has 1 aliphatic rings. The number of fused-ring (bicyclic) bond motifs is 1. The van der Waals surface area contributed by atoms with Crippen molar-refractivity contribution in [3.63, 3.8) is 0 Å². The van der Waals surface area contributed by atoms with Crippen molar-refractivity contribution in [1.29, 1.82) is 0 Å². The number of hydrogen-bond acceptors (Lipinski definition) is 5. The first-order chi connectivity index (χ1) is 12.7. The third kappa shape index (κ3) is 3.08. The number of nitrogens with one attached hydrogen (secondary N) is 1. The smallest absolute Gasteiger partial charge is 0.291 e. The molecule has 3 aromatic heterocycles. The van der Waals surface area contributed by atoms with Crippen molar-refractivity contribution < 1.29 is 14.0 Å². The average Bonchev–Trinajstić information content (AvgIpc) is 3.40. The van der Waals surface area contributed by atoms with Gasteiger partial charge < -0.3 is 14.6 Å². The summed E-state index contributed by atoms with van der Waals surface area (Å²) >= 11 is 3.07. The molecule has 0 unspecified atom stereocenters. The average molecular weight is 386 g/mol. The van der Waals surface area contributed by atoms with Crippen molar-refractivity contribution in [3.05, 3.63) is 63.1 Å². The molecule has 1 N–H and O–H groups in total. The maximum absolute atomic E-state index is 13.0. The zero-order valence-corrected chi connectivity index (χ0v) is 15.9. The summed E-state index contributed by atoms with van der Waals surface area (Å²) in [6.07, 6.45) is 3.25. The van der Waals surface area contributed by atoms with E-state index in [-0.39, 0.29) is 23.6 Å². The van der Waals surface area contributed by atoms with Crippen LogP contribution in [0.5, 0.6) is 0 Å². The Morgan fingerprint density at radius 3 is 2.96 bits per heavy atom. The van der Waals surface area contributed by atoms with Crippen LogP contribution in [0.15, 0.2) is 46.4 Å². The fourth-order valence-corrected chi connectivity index (χ4v) is 5.11. The predicted octanol–water partition coefficient (Wildman–Crippen LogP) is 4.80. The third-order valence-electron chi connectivity index (χ3n) is 4.54. The molecule has 0 saturated carbocycles. The SMILES string of the molecule is CC[C@@H]1c2ccsc2CCN1C(=O)c1ccc(NC(=O)c2ccco2)s1. The van der Waals surface area contributed by atoms with E-state index in [0.717, 1.165) is 19.4 Å². The van der Waals surface area contributed by atoms with Gasteiger partial charge >= 0.3 is 0 Å². The van der Waals surface area contributed by atoms with Crippen LogP contribution >= 0.6 is 22.7 Å². The molecular weight excluding hydrogens is 368 g/mol. The van der Waals surface area contributed by atoms with Gasteiger partial charge in [0, 0.05) is 11.4 Å². The molecule has 2 amide bonds. The van der Waals surface area contributed by atoms with Crippen LogP contribution in [0.25, 0.3) is 0 Å². The maximum atomic E-state index is 13.0. The zero-order chi connectivity index (χ0) is 18.1. The molecule has 1 aliphatic heterocycles. The minimum Gasteiger partial charge on any atom is -0.459 e. The molecule has 1 atom stereocenters. The van der Waals surface area contributed by atoms with E-state index in [1.165, 1.54) is 28.0 Å². The highest BCUT2D eigenvalue weighted by molar-refractivity contribution is 7.18. The van der Waals surface area contributed by atoms with Crippen molar-refractivity contribution >= 4 is 39.5 Å². The minimum absolute atomic E-state index is 0.0252. The van der Waals surface area contributed by atoms with Gasteiger partial charge in [0.2, 0.25) is 0 Å². The molecule has 0 radical (unpaired) electrons. The van der Waals surface area contributed by atoms with Gasteiger partial charge in [0.1, 0.15) is 0 Å². The highest BCUT2D eigenvalue weighted by Crippen LogP contribution is 2.37. The van der Waals surface area contributed by atoms with Gasteiger partial charge in [-0.15, -0.1) is 22.7 Å². The van der Waals surface area contributed by atoms with E-state index in [4.69, 9.17) is 4.42 Å². The minimum atomic E-state index is -0.317. The molecule has 0 bridgehead atoms. The molecule has 0 spiro atoms. The third-order valence-corrected chi connectivity index (χ3v) is 6.53. The fraction of sp³-hybridized carbons (Fsp3) is 0.263. The van der Waals surface area contributed by atoms with Gasteiger partial charge in [0.25, 0.3) is 11.8 Å². The summed E-state index contributed by atoms with van der Waals surface area (Å²) in [5, 5.41) is 5.52. The lowest BCUT2D eigenvalue weighted by molar-refractivity contribution is 0.0662. The molecule has 0 aliphatic carbocycles. The van der Waals surface area contributed by atoms with Crippen molar-refractivity contribution in [2.24, 2.45) is 0 Å². The van der Waals surface area contributed by atoms with Gasteiger partial charge in [-0.1, -0.05) is 6.92 Å². The largest absolute Gasteiger partial charge is 0.459 e. The van der Waals surface area contributed by atoms with Gasteiger partial charge in [-0.25, -0.2) is 0 Å². The second-order valence-corrected chi connectivity index (χ2v) is 8.15. The summed E-state index contributed by atoms with van der Waals surface area (Å²) in [5.74, 6) is -0.0429. The van der Waals surface area contributed by atoms with Crippen LogP contribution in [0.2, 0.25) is 0 Å². The molecule has 4 rings (SSSR count). The lowest BCUT2D eigenvalue weighted by Crippen LogP contribution is -2.38. The molecule has 0 aromatic carbocycles. The van der Waals surface area contributed by atoms with E-state index in [9.17, 15) is 9.59 Å². The Labute approximate surface area is 159 Å². The van der Waals surface area contributed by atoms with Crippen LogP contribution < -0.4 is 5.32 Å². The molecule has 0 fully saturated rings. The summed E-state index contributed by atoms with van der Waals surface area (Å²) in [6.45, 7) is 2.85. The number of furan rings is 1. The van der Waals surface area contributed by atoms with Gasteiger partial charge in [0.15, 0.2) is 5.76 Å². The van der Waals surface area contributed by atoms with E-state index >= 15 is 0 Å². The Kier molecular flexibility index (Phi) is 4.65. The van der Waals surface area contributed by atoms with Crippen molar-refractivity contribution in [3.8, 4) is 0 Å². The summed E-state index contributed by atoms with van der Waals surface area (Å²) < 4.78 is 5.09. The lowest BCUT2D eigenvalue weighted by Gasteiger charge is -2.35. The molecule has 7 heteroatoms. The topological polar surface area (TPSA) is 62.6 Å². The summed E-state index contributed by atoms with van der Waals surface area (Å²) in [6, 6.07) is 9.07. The highest BCUT2D eigenvalue weighted by atomic mass is 32.1. The van der Waals surface area contributed by atoms with Crippen LogP contribution in [-0.2, 0) is 6.42 Å². The number of carbonyl (C=O) groups is 2. The van der Waals surface area contributed by atoms with E-state index in [2.05, 4.69) is 23.7 Å². The Hall–Kier alpha value is -2.38. The first kappa shape index (κ1) is 17.1. The Morgan fingerprint density at radius 1 is 1.31 bits per heavy atom. The van der Waals surface area contributed by atoms with Crippen molar-refractivity contribution in [1.82, 2.24) is 4.90 Å². The lowest BCUT2D eigenvalue weighted by atomic mass is 9.97. The normalized spacial score (nSPS) is 16.3. The van der Waals surface area contributed by atoms with Gasteiger partial charge in [-0.2, -0.15) is 0 Å². The van der Waals surface area contributed by atoms with E-state index in [1.807, 2.05) is 4.90 Å². The van der Waals surface area contributed by atoms with E-state index in [0.29, 0.717) is 9.88 Å². The van der Waals surface area contributed by atoms with Crippen LogP contribution in [0.3, 0.4) is 0 Å². The van der Waals surface area contributed by atoms with Crippen LogP contribution in [0, 0.1) is 0 Å². The van der Waals surface area contributed by atoms with Gasteiger partial charge in [-0.05, 0) is 54.1 Å². The number of carbonyl (C=O) groups excluding carboxylic acids is 2. The fourth-order valence-electron chi connectivity index (χ4n) is 3.32. The molecule has 0 saturated heterocycles. The molecule has 3 aromatic rings. The number of rotatable bonds is 4. The molecule has 4 heterocycles. The summed E-state index contributed by atoms with van der Waals surface area (Å²) in [4.78, 5) is 29.1. The first-order valence-electron chi connectivity index (χ1n) is 8.49. The van der Waals surface area contributed by atoms with Crippen LogP contribution in [0.1, 0.15) is 50.1 Å². The Bertz CT molecular complexity index is 926. The van der Waals surface area contributed by atoms with E-state index < -0.39 is 0 Å². The van der Waals surface area contributed by atoms with Crippen molar-refractivity contribution in [2.75, 3.05) is 11.9 Å². The molecule has 26 heavy (non-hydrogen) atoms. The maximum Gasteiger partial charge on any atom is 0.291 e. The van der Waals surface area contributed by atoms with Gasteiger partial charge in [0.05, 0.1) is 22.2 Å². The standard InChI is InChI=1S/C19H18N2O3S2/c1-2-13-12-8-11-25-15(12)7-9-21(13)19(23)16-5-6-17(26-16)20-18(22)14-4-3-10-24-14/h3-6,8,10-11,13H,2,7,9H2,1H3,(H,20,22)/t13-/m1/s1. The zero-order valence-electron chi connectivity index (χ0n) is 14.2. The van der Waals surface area contributed by atoms with Gasteiger partial charge in [-0.3, -0.25) is 9.59 Å². The van der Waals surface area contributed by atoms with Crippen LogP contribution in [-0.4, -0.2) is 23.3 Å². The monoisotopic (exact) mass is 386 g/mol. The quantitative estimate of drug-likeness (QED) is 0.700. The molecular formula is C19H18N2O3S2.